The number of sulfonamides is 1. The monoisotopic (exact) mass is 497 g/mol. The number of phenols is 3. The fourth-order valence-electron chi connectivity index (χ4n) is 3.01. The number of hydrogen-bond acceptors (Lipinski definition) is 9. The zero-order chi connectivity index (χ0) is 24.6. The molecule has 0 amide bonds. The molecule has 0 aromatic heterocycles. The third-order valence-corrected chi connectivity index (χ3v) is 7.44. The molecule has 33 heavy (non-hydrogen) atoms. The molecule has 0 unspecified atom stereocenters. The maximum Gasteiger partial charge on any atom is 0.367 e. The Morgan fingerprint density at radius 2 is 1.70 bits per heavy atom. The Hall–Kier alpha value is -3.36. The third-order valence-electron chi connectivity index (χ3n) is 4.77. The molecule has 0 bridgehead atoms. The van der Waals surface area contributed by atoms with E-state index in [4.69, 9.17) is 0 Å². The zero-order valence-corrected chi connectivity index (χ0v) is 19.5. The van der Waals surface area contributed by atoms with Crippen LogP contribution in [0.1, 0.15) is 24.9 Å². The van der Waals surface area contributed by atoms with Gasteiger partial charge in [-0.3, -0.25) is 0 Å². The highest BCUT2D eigenvalue weighted by molar-refractivity contribution is 7.89. The normalized spacial score (nSPS) is 16.2. The molecule has 1 aliphatic heterocycles. The van der Waals surface area contributed by atoms with Crippen LogP contribution in [-0.4, -0.2) is 62.2 Å². The van der Waals surface area contributed by atoms with Crippen LogP contribution < -0.4 is 10.6 Å². The van der Waals surface area contributed by atoms with Gasteiger partial charge in [0.25, 0.3) is 0 Å². The average molecular weight is 498 g/mol. The van der Waals surface area contributed by atoms with Gasteiger partial charge in [-0.2, -0.15) is 8.42 Å². The first-order valence-electron chi connectivity index (χ1n) is 9.61. The molecule has 1 atom stereocenters. The first-order valence-corrected chi connectivity index (χ1v) is 12.4. The second kappa shape index (κ2) is 8.88. The molecular weight excluding hydrogens is 474 g/mol. The van der Waals surface area contributed by atoms with Gasteiger partial charge in [0.1, 0.15) is 4.90 Å². The predicted octanol–water partition coefficient (Wildman–Crippen LogP) is 1.26. The fraction of sp³-hybridized carbons (Fsp3) is 0.263. The highest BCUT2D eigenvalue weighted by atomic mass is 32.2. The van der Waals surface area contributed by atoms with Gasteiger partial charge in [-0.25, -0.2) is 12.7 Å². The summed E-state index contributed by atoms with van der Waals surface area (Å²) in [4.78, 5) is -0.378. The van der Waals surface area contributed by atoms with Crippen molar-refractivity contribution in [2.45, 2.75) is 24.3 Å². The van der Waals surface area contributed by atoms with Crippen molar-refractivity contribution >= 4 is 37.6 Å². The Balaban J connectivity index is 1.94. The smallest absolute Gasteiger partial charge is 0.367 e. The molecule has 2 aromatic carbocycles. The van der Waals surface area contributed by atoms with E-state index in [0.29, 0.717) is 12.0 Å². The number of rotatable bonds is 6. The summed E-state index contributed by atoms with van der Waals surface area (Å²) in [6, 6.07) is 7.58. The lowest BCUT2D eigenvalue weighted by Crippen LogP contribution is -2.36. The first-order chi connectivity index (χ1) is 15.4. The molecule has 0 saturated heterocycles. The highest BCUT2D eigenvalue weighted by Crippen LogP contribution is 2.33. The molecule has 178 valence electrons. The Kier molecular flexibility index (Phi) is 6.53. The lowest BCUT2D eigenvalue weighted by atomic mass is 10.0. The molecular formula is C19H23N5O7S2. The minimum atomic E-state index is -4.23. The highest BCUT2D eigenvalue weighted by Gasteiger charge is 2.29. The molecule has 5 N–H and O–H groups in total. The summed E-state index contributed by atoms with van der Waals surface area (Å²) in [7, 11) is -5.58. The van der Waals surface area contributed by atoms with Crippen molar-refractivity contribution in [1.29, 1.82) is 0 Å². The number of phenolic OH excluding ortho intramolecular Hbond substituents is 3. The lowest BCUT2D eigenvalue weighted by Gasteiger charge is -2.20. The summed E-state index contributed by atoms with van der Waals surface area (Å²) in [5, 5.41) is 35.4. The number of para-hydroxylation sites is 1. The lowest BCUT2D eigenvalue weighted by molar-refractivity contribution is 0.402. The SMILES string of the molecule is CC[C@@H](NC1=NS(=O)(=O)N=C1Nc1cccc(S(=O)(=O)N(C)C)c1O)c1ccc(O)c(O)c1. The van der Waals surface area contributed by atoms with E-state index in [1.54, 1.807) is 13.0 Å². The van der Waals surface area contributed by atoms with E-state index < -0.39 is 32.0 Å². The maximum atomic E-state index is 12.4. The van der Waals surface area contributed by atoms with Crippen LogP contribution in [0.5, 0.6) is 17.2 Å². The molecule has 0 spiro atoms. The van der Waals surface area contributed by atoms with Crippen LogP contribution in [0, 0.1) is 0 Å². The largest absolute Gasteiger partial charge is 0.504 e. The van der Waals surface area contributed by atoms with E-state index in [1.807, 2.05) is 0 Å². The Morgan fingerprint density at radius 1 is 1.03 bits per heavy atom. The van der Waals surface area contributed by atoms with Crippen LogP contribution in [-0.2, 0) is 20.2 Å². The van der Waals surface area contributed by atoms with E-state index >= 15 is 0 Å². The summed E-state index contributed by atoms with van der Waals surface area (Å²) >= 11 is 0. The number of aromatic hydroxyl groups is 3. The standard InChI is InChI=1S/C19H23N5O7S2/c1-4-12(11-8-9-14(25)15(26)10-11)20-18-19(23-33(30,31)22-18)21-13-6-5-7-16(17(13)27)32(28,29)24(2)3/h5-10,12,25-27H,4H2,1-3H3,(H,20,22)(H,21,23)/t12-/m1/s1. The summed E-state index contributed by atoms with van der Waals surface area (Å²) < 4.78 is 57.0. The molecule has 0 fully saturated rings. The van der Waals surface area contributed by atoms with Gasteiger partial charge < -0.3 is 26.0 Å². The maximum absolute atomic E-state index is 12.4. The quantitative estimate of drug-likeness (QED) is 0.367. The topological polar surface area (TPSA) is 181 Å². The molecule has 3 rings (SSSR count). The Morgan fingerprint density at radius 3 is 2.30 bits per heavy atom. The minimum absolute atomic E-state index is 0.0985. The van der Waals surface area contributed by atoms with Crippen LogP contribution in [0.2, 0.25) is 0 Å². The van der Waals surface area contributed by atoms with Crippen molar-refractivity contribution in [2.75, 3.05) is 19.4 Å². The second-order valence-electron chi connectivity index (χ2n) is 7.25. The molecule has 0 saturated carbocycles. The van der Waals surface area contributed by atoms with Crippen LogP contribution in [0.3, 0.4) is 0 Å². The number of hydrogen-bond donors (Lipinski definition) is 5. The van der Waals surface area contributed by atoms with Crippen molar-refractivity contribution in [3.05, 3.63) is 42.0 Å². The summed E-state index contributed by atoms with van der Waals surface area (Å²) in [6.45, 7) is 1.80. The van der Waals surface area contributed by atoms with Gasteiger partial charge in [0.2, 0.25) is 10.0 Å². The van der Waals surface area contributed by atoms with Gasteiger partial charge in [0, 0.05) is 14.1 Å². The van der Waals surface area contributed by atoms with E-state index in [1.165, 1.54) is 44.4 Å². The van der Waals surface area contributed by atoms with Gasteiger partial charge in [-0.15, -0.1) is 8.80 Å². The minimum Gasteiger partial charge on any atom is -0.504 e. The number of nitrogens with zero attached hydrogens (tertiary/aromatic N) is 3. The van der Waals surface area contributed by atoms with Gasteiger partial charge in [-0.05, 0) is 36.2 Å². The predicted molar refractivity (Wildman–Crippen MR) is 122 cm³/mol. The first kappa shape index (κ1) is 24.3. The zero-order valence-electron chi connectivity index (χ0n) is 17.9. The van der Waals surface area contributed by atoms with Crippen LogP contribution in [0.4, 0.5) is 5.69 Å². The van der Waals surface area contributed by atoms with E-state index in [-0.39, 0.29) is 33.8 Å². The summed E-state index contributed by atoms with van der Waals surface area (Å²) in [5.74, 6) is -1.69. The average Bonchev–Trinajstić information content (AvgIpc) is 3.02. The second-order valence-corrected chi connectivity index (χ2v) is 10.6. The molecule has 2 aromatic rings. The molecule has 1 heterocycles. The van der Waals surface area contributed by atoms with Crippen molar-refractivity contribution in [3.8, 4) is 17.2 Å². The van der Waals surface area contributed by atoms with Crippen molar-refractivity contribution < 1.29 is 32.2 Å². The Bertz CT molecular complexity index is 1350. The molecule has 12 nitrogen and oxygen atoms in total. The van der Waals surface area contributed by atoms with Crippen LogP contribution in [0.25, 0.3) is 0 Å². The molecule has 0 aliphatic carbocycles. The van der Waals surface area contributed by atoms with E-state index in [2.05, 4.69) is 19.4 Å². The van der Waals surface area contributed by atoms with Crippen molar-refractivity contribution in [3.63, 3.8) is 0 Å². The Labute approximate surface area is 191 Å². The number of amidine groups is 2. The van der Waals surface area contributed by atoms with Gasteiger partial charge in [0.15, 0.2) is 28.9 Å². The van der Waals surface area contributed by atoms with E-state index in [0.717, 1.165) is 4.31 Å². The number of benzene rings is 2. The van der Waals surface area contributed by atoms with Crippen LogP contribution >= 0.6 is 0 Å². The summed E-state index contributed by atoms with van der Waals surface area (Å²) in [5.41, 5.74) is 0.444. The van der Waals surface area contributed by atoms with Gasteiger partial charge in [-0.1, -0.05) is 19.1 Å². The van der Waals surface area contributed by atoms with Gasteiger partial charge >= 0.3 is 10.2 Å². The molecule has 0 radical (unpaired) electrons. The molecule has 1 aliphatic rings. The van der Waals surface area contributed by atoms with Crippen molar-refractivity contribution in [2.24, 2.45) is 8.80 Å². The summed E-state index contributed by atoms with van der Waals surface area (Å²) in [6.07, 6.45) is 0.443. The van der Waals surface area contributed by atoms with Crippen LogP contribution in [0.15, 0.2) is 50.1 Å². The van der Waals surface area contributed by atoms with E-state index in [9.17, 15) is 32.2 Å². The number of anilines is 1. The molecule has 14 heteroatoms. The third kappa shape index (κ3) is 5.02. The number of nitrogens with one attached hydrogen (secondary N) is 2. The fourth-order valence-corrected chi connectivity index (χ4v) is 4.79. The van der Waals surface area contributed by atoms with Gasteiger partial charge in [0.05, 0.1) is 11.7 Å². The van der Waals surface area contributed by atoms with Crippen molar-refractivity contribution in [1.82, 2.24) is 9.62 Å².